The highest BCUT2D eigenvalue weighted by molar-refractivity contribution is 6.30. The zero-order valence-electron chi connectivity index (χ0n) is 13.3. The first-order valence-electron chi connectivity index (χ1n) is 7.95. The van der Waals surface area contributed by atoms with Gasteiger partial charge in [0, 0.05) is 17.1 Å². The molecule has 0 saturated carbocycles. The summed E-state index contributed by atoms with van der Waals surface area (Å²) < 4.78 is 5.74. The second-order valence-corrected chi connectivity index (χ2v) is 5.76. The molecule has 4 heteroatoms. The molecular weight excluding hydrogens is 310 g/mol. The summed E-state index contributed by atoms with van der Waals surface area (Å²) in [7, 11) is 0. The maximum Gasteiger partial charge on any atom is 0.251 e. The van der Waals surface area contributed by atoms with Crippen molar-refractivity contribution in [3.05, 3.63) is 64.7 Å². The lowest BCUT2D eigenvalue weighted by molar-refractivity contribution is 0.0953. The first kappa shape index (κ1) is 17.4. The van der Waals surface area contributed by atoms with E-state index in [2.05, 4.69) is 18.3 Å². The third kappa shape index (κ3) is 5.61. The monoisotopic (exact) mass is 331 g/mol. The molecule has 0 aliphatic heterocycles. The van der Waals surface area contributed by atoms with E-state index in [4.69, 9.17) is 16.3 Å². The summed E-state index contributed by atoms with van der Waals surface area (Å²) in [5, 5.41) is 3.49. The first-order chi connectivity index (χ1) is 11.2. The van der Waals surface area contributed by atoms with Gasteiger partial charge in [0.15, 0.2) is 0 Å². The number of carbonyl (C=O) groups is 1. The van der Waals surface area contributed by atoms with Gasteiger partial charge in [0.2, 0.25) is 0 Å². The number of para-hydroxylation sites is 1. The van der Waals surface area contributed by atoms with E-state index in [1.54, 1.807) is 24.3 Å². The number of rotatable bonds is 8. The number of aryl methyl sites for hydroxylation is 1. The van der Waals surface area contributed by atoms with Crippen LogP contribution in [0, 0.1) is 0 Å². The Morgan fingerprint density at radius 3 is 2.78 bits per heavy atom. The highest BCUT2D eigenvalue weighted by atomic mass is 35.5. The second-order valence-electron chi connectivity index (χ2n) is 5.33. The molecule has 0 unspecified atom stereocenters. The number of hydrogen-bond acceptors (Lipinski definition) is 2. The molecule has 0 spiro atoms. The SMILES string of the molecule is CCCOc1ccccc1CCCNC(=O)c1cccc(Cl)c1. The predicted octanol–water partition coefficient (Wildman–Crippen LogP) is 4.49. The van der Waals surface area contributed by atoms with E-state index in [1.807, 2.05) is 18.2 Å². The van der Waals surface area contributed by atoms with Crippen molar-refractivity contribution in [2.24, 2.45) is 0 Å². The average molecular weight is 332 g/mol. The summed E-state index contributed by atoms with van der Waals surface area (Å²) in [6.07, 6.45) is 2.72. The summed E-state index contributed by atoms with van der Waals surface area (Å²) in [4.78, 5) is 12.0. The van der Waals surface area contributed by atoms with Crippen molar-refractivity contribution in [2.75, 3.05) is 13.2 Å². The molecule has 122 valence electrons. The number of nitrogens with one attached hydrogen (secondary N) is 1. The molecular formula is C19H22ClNO2. The van der Waals surface area contributed by atoms with Crippen LogP contribution in [0.1, 0.15) is 35.7 Å². The van der Waals surface area contributed by atoms with Crippen LogP contribution in [0.2, 0.25) is 5.02 Å². The lowest BCUT2D eigenvalue weighted by Crippen LogP contribution is -2.24. The molecule has 0 saturated heterocycles. The van der Waals surface area contributed by atoms with Crippen molar-refractivity contribution in [3.8, 4) is 5.75 Å². The molecule has 0 fully saturated rings. The molecule has 0 radical (unpaired) electrons. The molecule has 0 bridgehead atoms. The van der Waals surface area contributed by atoms with Crippen LogP contribution in [0.25, 0.3) is 0 Å². The van der Waals surface area contributed by atoms with Gasteiger partial charge in [0.25, 0.3) is 5.91 Å². The maximum atomic E-state index is 12.0. The van der Waals surface area contributed by atoms with Crippen molar-refractivity contribution in [2.45, 2.75) is 26.2 Å². The Morgan fingerprint density at radius 2 is 2.00 bits per heavy atom. The maximum absolute atomic E-state index is 12.0. The fourth-order valence-electron chi connectivity index (χ4n) is 2.28. The fourth-order valence-corrected chi connectivity index (χ4v) is 2.47. The number of halogens is 1. The standard InChI is InChI=1S/C19H22ClNO2/c1-2-13-23-18-11-4-3-7-15(18)9-6-12-21-19(22)16-8-5-10-17(20)14-16/h3-5,7-8,10-11,14H,2,6,9,12-13H2,1H3,(H,21,22). The molecule has 0 atom stereocenters. The van der Waals surface area contributed by atoms with Crippen molar-refractivity contribution in [1.82, 2.24) is 5.32 Å². The van der Waals surface area contributed by atoms with Gasteiger partial charge in [0.05, 0.1) is 6.61 Å². The fraction of sp³-hybridized carbons (Fsp3) is 0.316. The number of carbonyl (C=O) groups excluding carboxylic acids is 1. The summed E-state index contributed by atoms with van der Waals surface area (Å²) in [5.74, 6) is 0.846. The van der Waals surface area contributed by atoms with E-state index in [1.165, 1.54) is 5.56 Å². The van der Waals surface area contributed by atoms with Crippen molar-refractivity contribution in [3.63, 3.8) is 0 Å². The van der Waals surface area contributed by atoms with Crippen LogP contribution in [0.3, 0.4) is 0 Å². The Bertz CT molecular complexity index is 643. The van der Waals surface area contributed by atoms with Crippen LogP contribution in [-0.2, 0) is 6.42 Å². The molecule has 0 heterocycles. The molecule has 2 aromatic carbocycles. The van der Waals surface area contributed by atoms with E-state index < -0.39 is 0 Å². The highest BCUT2D eigenvalue weighted by Gasteiger charge is 2.06. The molecule has 1 amide bonds. The molecule has 0 aromatic heterocycles. The molecule has 3 nitrogen and oxygen atoms in total. The van der Waals surface area contributed by atoms with Crippen LogP contribution >= 0.6 is 11.6 Å². The van der Waals surface area contributed by atoms with Gasteiger partial charge in [-0.1, -0.05) is 42.8 Å². The van der Waals surface area contributed by atoms with Crippen molar-refractivity contribution >= 4 is 17.5 Å². The van der Waals surface area contributed by atoms with Gasteiger partial charge in [0.1, 0.15) is 5.75 Å². The van der Waals surface area contributed by atoms with Crippen LogP contribution in [0.5, 0.6) is 5.75 Å². The first-order valence-corrected chi connectivity index (χ1v) is 8.33. The normalized spacial score (nSPS) is 10.3. The van der Waals surface area contributed by atoms with Gasteiger partial charge < -0.3 is 10.1 Å². The Labute approximate surface area is 142 Å². The van der Waals surface area contributed by atoms with E-state index in [-0.39, 0.29) is 5.91 Å². The number of hydrogen-bond donors (Lipinski definition) is 1. The minimum absolute atomic E-state index is 0.0944. The van der Waals surface area contributed by atoms with Gasteiger partial charge in [-0.05, 0) is 49.1 Å². The van der Waals surface area contributed by atoms with E-state index in [9.17, 15) is 4.79 Å². The lowest BCUT2D eigenvalue weighted by Gasteiger charge is -2.11. The zero-order valence-corrected chi connectivity index (χ0v) is 14.1. The third-order valence-corrected chi connectivity index (χ3v) is 3.66. The Hall–Kier alpha value is -2.00. The Balaban J connectivity index is 1.80. The molecule has 1 N–H and O–H groups in total. The van der Waals surface area contributed by atoms with Crippen LogP contribution in [0.15, 0.2) is 48.5 Å². The number of benzene rings is 2. The quantitative estimate of drug-likeness (QED) is 0.724. The van der Waals surface area contributed by atoms with E-state index in [0.29, 0.717) is 17.1 Å². The highest BCUT2D eigenvalue weighted by Crippen LogP contribution is 2.19. The second kappa shape index (κ2) is 9.21. The zero-order chi connectivity index (χ0) is 16.5. The van der Waals surface area contributed by atoms with Gasteiger partial charge in [-0.3, -0.25) is 4.79 Å². The van der Waals surface area contributed by atoms with Crippen molar-refractivity contribution in [1.29, 1.82) is 0 Å². The Kier molecular flexibility index (Phi) is 6.95. The molecule has 0 aliphatic carbocycles. The minimum Gasteiger partial charge on any atom is -0.493 e. The van der Waals surface area contributed by atoms with Crippen molar-refractivity contribution < 1.29 is 9.53 Å². The molecule has 0 aliphatic rings. The average Bonchev–Trinajstić information content (AvgIpc) is 2.57. The van der Waals surface area contributed by atoms with E-state index in [0.717, 1.165) is 31.6 Å². The summed E-state index contributed by atoms with van der Waals surface area (Å²) in [5.41, 5.74) is 1.77. The smallest absolute Gasteiger partial charge is 0.251 e. The summed E-state index contributed by atoms with van der Waals surface area (Å²) in [6, 6.07) is 15.0. The molecule has 2 aromatic rings. The van der Waals surface area contributed by atoms with Gasteiger partial charge in [-0.15, -0.1) is 0 Å². The van der Waals surface area contributed by atoms with Crippen LogP contribution < -0.4 is 10.1 Å². The van der Waals surface area contributed by atoms with Crippen LogP contribution in [-0.4, -0.2) is 19.1 Å². The van der Waals surface area contributed by atoms with Gasteiger partial charge in [-0.2, -0.15) is 0 Å². The number of amides is 1. The van der Waals surface area contributed by atoms with Gasteiger partial charge in [-0.25, -0.2) is 0 Å². The summed E-state index contributed by atoms with van der Waals surface area (Å²) in [6.45, 7) is 3.43. The molecule has 2 rings (SSSR count). The summed E-state index contributed by atoms with van der Waals surface area (Å²) >= 11 is 5.90. The lowest BCUT2D eigenvalue weighted by atomic mass is 10.1. The minimum atomic E-state index is -0.0944. The molecule has 23 heavy (non-hydrogen) atoms. The largest absolute Gasteiger partial charge is 0.493 e. The van der Waals surface area contributed by atoms with Crippen LogP contribution in [0.4, 0.5) is 0 Å². The predicted molar refractivity (Wildman–Crippen MR) is 94.3 cm³/mol. The van der Waals surface area contributed by atoms with Gasteiger partial charge >= 0.3 is 0 Å². The number of ether oxygens (including phenoxy) is 1. The van der Waals surface area contributed by atoms with E-state index >= 15 is 0 Å². The Morgan fingerprint density at radius 1 is 1.17 bits per heavy atom. The topological polar surface area (TPSA) is 38.3 Å². The third-order valence-electron chi connectivity index (χ3n) is 3.43.